The number of anilines is 1. The van der Waals surface area contributed by atoms with Crippen molar-refractivity contribution in [3.63, 3.8) is 0 Å². The van der Waals surface area contributed by atoms with Crippen molar-refractivity contribution in [2.24, 2.45) is 0 Å². The molecule has 0 radical (unpaired) electrons. The van der Waals surface area contributed by atoms with Crippen molar-refractivity contribution in [2.45, 2.75) is 12.1 Å². The van der Waals surface area contributed by atoms with Crippen LogP contribution in [0.25, 0.3) is 0 Å². The largest absolute Gasteiger partial charge is 0.478 e. The van der Waals surface area contributed by atoms with Crippen molar-refractivity contribution in [1.82, 2.24) is 4.98 Å². The highest BCUT2D eigenvalue weighted by Gasteiger charge is 2.50. The number of benzene rings is 2. The molecular weight excluding hydrogens is 300 g/mol. The lowest BCUT2D eigenvalue weighted by Crippen LogP contribution is -2.61. The fourth-order valence-electron chi connectivity index (χ4n) is 2.99. The third-order valence-electron chi connectivity index (χ3n) is 4.13. The highest BCUT2D eigenvalue weighted by atomic mass is 16.5. The van der Waals surface area contributed by atoms with Gasteiger partial charge in [0.05, 0.1) is 0 Å². The summed E-state index contributed by atoms with van der Waals surface area (Å²) in [5.41, 5.74) is 1.88. The topological polar surface area (TPSA) is 42.4 Å². The molecule has 4 nitrogen and oxygen atoms in total. The molecule has 2 atom stereocenters. The van der Waals surface area contributed by atoms with Crippen molar-refractivity contribution < 1.29 is 9.53 Å². The molecule has 118 valence electrons. The number of amides is 1. The lowest BCUT2D eigenvalue weighted by molar-refractivity contribution is -0.135. The molecule has 4 heteroatoms. The molecule has 0 spiro atoms. The number of para-hydroxylation sites is 1. The van der Waals surface area contributed by atoms with Crippen LogP contribution in [0.1, 0.15) is 11.6 Å². The number of pyridine rings is 1. The molecule has 1 aliphatic heterocycles. The normalized spacial score (nSPS) is 19.7. The Morgan fingerprint density at radius 2 is 1.46 bits per heavy atom. The Kier molecular flexibility index (Phi) is 3.71. The fraction of sp³-hybridized carbons (Fsp3) is 0.100. The van der Waals surface area contributed by atoms with E-state index in [1.807, 2.05) is 72.8 Å². The summed E-state index contributed by atoms with van der Waals surface area (Å²) in [5.74, 6) is 0.657. The van der Waals surface area contributed by atoms with Crippen LogP contribution in [0.4, 0.5) is 5.69 Å². The molecule has 3 aromatic rings. The van der Waals surface area contributed by atoms with Crippen molar-refractivity contribution in [3.05, 3.63) is 90.8 Å². The first-order chi connectivity index (χ1) is 11.8. The third-order valence-corrected chi connectivity index (χ3v) is 4.13. The Hall–Kier alpha value is -3.14. The molecule has 0 bridgehead atoms. The molecule has 0 aliphatic carbocycles. The maximum Gasteiger partial charge on any atom is 0.271 e. The summed E-state index contributed by atoms with van der Waals surface area (Å²) >= 11 is 0. The van der Waals surface area contributed by atoms with Crippen molar-refractivity contribution in [2.75, 3.05) is 4.90 Å². The van der Waals surface area contributed by atoms with E-state index in [1.54, 1.807) is 17.3 Å². The van der Waals surface area contributed by atoms with E-state index < -0.39 is 6.10 Å². The van der Waals surface area contributed by atoms with Crippen molar-refractivity contribution in [3.8, 4) is 5.75 Å². The molecule has 0 saturated carbocycles. The Morgan fingerprint density at radius 3 is 2.12 bits per heavy atom. The summed E-state index contributed by atoms with van der Waals surface area (Å²) in [6, 6.07) is 22.9. The van der Waals surface area contributed by atoms with Gasteiger partial charge in [-0.1, -0.05) is 48.5 Å². The number of hydrogen-bond donors (Lipinski definition) is 0. The maximum absolute atomic E-state index is 12.7. The van der Waals surface area contributed by atoms with Gasteiger partial charge in [-0.05, 0) is 29.8 Å². The smallest absolute Gasteiger partial charge is 0.271 e. The maximum atomic E-state index is 12.7. The van der Waals surface area contributed by atoms with Gasteiger partial charge >= 0.3 is 0 Å². The first kappa shape index (κ1) is 14.5. The van der Waals surface area contributed by atoms with Gasteiger partial charge in [-0.25, -0.2) is 0 Å². The van der Waals surface area contributed by atoms with Crippen LogP contribution in [0, 0.1) is 0 Å². The SMILES string of the molecule is O=C1C(Oc2ccccc2)C(c2ccccc2)N1c1ccncc1. The third kappa shape index (κ3) is 2.52. The number of rotatable bonds is 4. The minimum atomic E-state index is -0.525. The predicted octanol–water partition coefficient (Wildman–Crippen LogP) is 3.62. The fourth-order valence-corrected chi connectivity index (χ4v) is 2.99. The van der Waals surface area contributed by atoms with Gasteiger partial charge in [-0.15, -0.1) is 0 Å². The van der Waals surface area contributed by atoms with E-state index >= 15 is 0 Å². The first-order valence-electron chi connectivity index (χ1n) is 7.84. The van der Waals surface area contributed by atoms with E-state index in [1.165, 1.54) is 0 Å². The van der Waals surface area contributed by atoms with Crippen LogP contribution in [-0.4, -0.2) is 17.0 Å². The summed E-state index contributed by atoms with van der Waals surface area (Å²) < 4.78 is 5.97. The molecule has 1 aromatic heterocycles. The molecule has 24 heavy (non-hydrogen) atoms. The van der Waals surface area contributed by atoms with Gasteiger partial charge < -0.3 is 4.74 Å². The summed E-state index contributed by atoms with van der Waals surface area (Å²) in [5, 5.41) is 0. The van der Waals surface area contributed by atoms with Crippen LogP contribution in [-0.2, 0) is 4.79 Å². The van der Waals surface area contributed by atoms with E-state index in [4.69, 9.17) is 4.74 Å². The molecule has 2 unspecified atom stereocenters. The molecule has 1 saturated heterocycles. The van der Waals surface area contributed by atoms with Gasteiger partial charge in [-0.2, -0.15) is 0 Å². The van der Waals surface area contributed by atoms with Gasteiger partial charge in [0.1, 0.15) is 11.8 Å². The quantitative estimate of drug-likeness (QED) is 0.690. The monoisotopic (exact) mass is 316 g/mol. The van der Waals surface area contributed by atoms with Gasteiger partial charge in [0.15, 0.2) is 0 Å². The van der Waals surface area contributed by atoms with E-state index in [0.717, 1.165) is 11.3 Å². The van der Waals surface area contributed by atoms with Crippen molar-refractivity contribution in [1.29, 1.82) is 0 Å². The second-order valence-electron chi connectivity index (χ2n) is 5.62. The number of nitrogens with zero attached hydrogens (tertiary/aromatic N) is 2. The number of hydrogen-bond acceptors (Lipinski definition) is 3. The van der Waals surface area contributed by atoms with Gasteiger partial charge in [0.2, 0.25) is 6.10 Å². The zero-order chi connectivity index (χ0) is 16.4. The Balaban J connectivity index is 1.68. The number of aromatic nitrogens is 1. The number of ether oxygens (including phenoxy) is 1. The molecule has 4 rings (SSSR count). The zero-order valence-electron chi connectivity index (χ0n) is 12.9. The number of carbonyl (C=O) groups excluding carboxylic acids is 1. The summed E-state index contributed by atoms with van der Waals surface area (Å²) in [6.45, 7) is 0. The van der Waals surface area contributed by atoms with Crippen LogP contribution in [0.2, 0.25) is 0 Å². The van der Waals surface area contributed by atoms with Gasteiger partial charge in [0.25, 0.3) is 5.91 Å². The highest BCUT2D eigenvalue weighted by molar-refractivity contribution is 6.05. The molecular formula is C20H16N2O2. The molecule has 1 amide bonds. The Labute approximate surface area is 140 Å². The average Bonchev–Trinajstić information content (AvgIpc) is 2.66. The van der Waals surface area contributed by atoms with E-state index in [-0.39, 0.29) is 11.9 Å². The second kappa shape index (κ2) is 6.16. The van der Waals surface area contributed by atoms with E-state index in [0.29, 0.717) is 5.75 Å². The number of carbonyl (C=O) groups is 1. The highest BCUT2D eigenvalue weighted by Crippen LogP contribution is 2.40. The van der Waals surface area contributed by atoms with Crippen LogP contribution >= 0.6 is 0 Å². The molecule has 2 heterocycles. The number of β-lactam (4-membered cyclic amide) rings is 1. The van der Waals surface area contributed by atoms with Crippen LogP contribution in [0.5, 0.6) is 5.75 Å². The molecule has 2 aromatic carbocycles. The summed E-state index contributed by atoms with van der Waals surface area (Å²) in [7, 11) is 0. The van der Waals surface area contributed by atoms with E-state index in [2.05, 4.69) is 4.98 Å². The standard InChI is InChI=1S/C20H16N2O2/c23-20-19(24-17-9-5-2-6-10-17)18(15-7-3-1-4-8-15)22(20)16-11-13-21-14-12-16/h1-14,18-19H. The molecule has 1 fully saturated rings. The first-order valence-corrected chi connectivity index (χ1v) is 7.84. The van der Waals surface area contributed by atoms with E-state index in [9.17, 15) is 4.79 Å². The second-order valence-corrected chi connectivity index (χ2v) is 5.62. The minimum absolute atomic E-state index is 0.0427. The predicted molar refractivity (Wildman–Crippen MR) is 91.8 cm³/mol. The summed E-state index contributed by atoms with van der Waals surface area (Å²) in [6.07, 6.45) is 2.86. The average molecular weight is 316 g/mol. The minimum Gasteiger partial charge on any atom is -0.478 e. The lowest BCUT2D eigenvalue weighted by Gasteiger charge is -2.46. The Morgan fingerprint density at radius 1 is 0.833 bits per heavy atom. The van der Waals surface area contributed by atoms with Gasteiger partial charge in [-0.3, -0.25) is 14.7 Å². The van der Waals surface area contributed by atoms with Crippen molar-refractivity contribution >= 4 is 11.6 Å². The lowest BCUT2D eigenvalue weighted by atomic mass is 9.90. The van der Waals surface area contributed by atoms with Gasteiger partial charge in [0, 0.05) is 18.1 Å². The Bertz CT molecular complexity index is 822. The summed E-state index contributed by atoms with van der Waals surface area (Å²) in [4.78, 5) is 18.5. The van der Waals surface area contributed by atoms with Crippen LogP contribution in [0.15, 0.2) is 85.2 Å². The zero-order valence-corrected chi connectivity index (χ0v) is 12.9. The molecule has 1 aliphatic rings. The molecule has 0 N–H and O–H groups in total. The van der Waals surface area contributed by atoms with Crippen LogP contribution < -0.4 is 9.64 Å². The van der Waals surface area contributed by atoms with Crippen LogP contribution in [0.3, 0.4) is 0 Å².